The van der Waals surface area contributed by atoms with E-state index in [1.807, 2.05) is 0 Å². The smallest absolute Gasteiger partial charge is 0.416 e. The molecule has 0 radical (unpaired) electrons. The van der Waals surface area contributed by atoms with Gasteiger partial charge in [-0.3, -0.25) is 0 Å². The molecule has 34 heavy (non-hydrogen) atoms. The van der Waals surface area contributed by atoms with E-state index in [-0.39, 0.29) is 5.15 Å². The molecular formula is C24H18ClF4N3O2. The fourth-order valence-electron chi connectivity index (χ4n) is 3.35. The van der Waals surface area contributed by atoms with Crippen molar-refractivity contribution in [1.29, 1.82) is 0 Å². The van der Waals surface area contributed by atoms with Crippen LogP contribution in [-0.4, -0.2) is 22.1 Å². The summed E-state index contributed by atoms with van der Waals surface area (Å²) in [4.78, 5) is 11.0. The van der Waals surface area contributed by atoms with E-state index in [0.29, 0.717) is 39.7 Å². The van der Waals surface area contributed by atoms with Gasteiger partial charge >= 0.3 is 6.18 Å². The lowest BCUT2D eigenvalue weighted by Crippen LogP contribution is -2.07. The molecule has 2 heterocycles. The highest BCUT2D eigenvalue weighted by Crippen LogP contribution is 2.38. The molecule has 4 rings (SSSR count). The van der Waals surface area contributed by atoms with Gasteiger partial charge in [0.25, 0.3) is 0 Å². The summed E-state index contributed by atoms with van der Waals surface area (Å²) in [6.07, 6.45) is -3.57. The van der Waals surface area contributed by atoms with Crippen molar-refractivity contribution in [3.63, 3.8) is 0 Å². The standard InChI is InChI=1S/C24H18ClF4N3O2/c1-13(14-3-6-16(7-4-14)24(27,28)29)34-17-8-9-18(19(11-17)33-2)21-22(25)32-23(31-21)15-5-10-20(26)30-12-15/h3-13H,1-2H3,(H,31,32)/t13-/m1/s1. The summed E-state index contributed by atoms with van der Waals surface area (Å²) in [5.74, 6) is 0.688. The third-order valence-corrected chi connectivity index (χ3v) is 5.40. The van der Waals surface area contributed by atoms with Gasteiger partial charge in [-0.25, -0.2) is 9.97 Å². The molecule has 0 saturated carbocycles. The first-order valence-corrected chi connectivity index (χ1v) is 10.4. The number of imidazole rings is 1. The summed E-state index contributed by atoms with van der Waals surface area (Å²) in [6, 6.07) is 12.6. The Kier molecular flexibility index (Phi) is 6.47. The summed E-state index contributed by atoms with van der Waals surface area (Å²) in [7, 11) is 1.48. The number of hydrogen-bond acceptors (Lipinski definition) is 4. The van der Waals surface area contributed by atoms with Crippen LogP contribution >= 0.6 is 11.6 Å². The molecule has 5 nitrogen and oxygen atoms in total. The predicted octanol–water partition coefficient (Wildman–Crippen LogP) is 7.10. The zero-order chi connectivity index (χ0) is 24.5. The molecule has 0 unspecified atom stereocenters. The van der Waals surface area contributed by atoms with Crippen LogP contribution in [0.5, 0.6) is 11.5 Å². The molecule has 4 aromatic rings. The SMILES string of the molecule is COc1cc(O[C@H](C)c2ccc(C(F)(F)F)cc2)ccc1-c1[nH]c(-c2ccc(F)nc2)nc1Cl. The van der Waals surface area contributed by atoms with Gasteiger partial charge in [0.15, 0.2) is 5.15 Å². The number of hydrogen-bond donors (Lipinski definition) is 1. The second-order valence-corrected chi connectivity index (χ2v) is 7.72. The fraction of sp³-hybridized carbons (Fsp3) is 0.167. The van der Waals surface area contributed by atoms with Crippen LogP contribution in [0, 0.1) is 5.95 Å². The van der Waals surface area contributed by atoms with E-state index >= 15 is 0 Å². The van der Waals surface area contributed by atoms with Crippen molar-refractivity contribution in [3.05, 3.63) is 83.0 Å². The second kappa shape index (κ2) is 9.34. The molecule has 0 fully saturated rings. The fourth-order valence-corrected chi connectivity index (χ4v) is 3.58. The summed E-state index contributed by atoms with van der Waals surface area (Å²) in [6.45, 7) is 1.73. The lowest BCUT2D eigenvalue weighted by molar-refractivity contribution is -0.137. The normalized spacial score (nSPS) is 12.4. The van der Waals surface area contributed by atoms with Gasteiger partial charge in [-0.15, -0.1) is 0 Å². The Hall–Kier alpha value is -3.59. The quantitative estimate of drug-likeness (QED) is 0.231. The van der Waals surface area contributed by atoms with Crippen LogP contribution in [0.15, 0.2) is 60.8 Å². The Labute approximate surface area is 197 Å². The molecule has 10 heteroatoms. The van der Waals surface area contributed by atoms with Crippen LogP contribution in [0.25, 0.3) is 22.6 Å². The molecule has 0 aliphatic carbocycles. The van der Waals surface area contributed by atoms with Crippen molar-refractivity contribution in [1.82, 2.24) is 15.0 Å². The first-order chi connectivity index (χ1) is 16.2. The number of rotatable bonds is 6. The van der Waals surface area contributed by atoms with Crippen molar-refractivity contribution < 1.29 is 27.0 Å². The molecule has 0 spiro atoms. The van der Waals surface area contributed by atoms with E-state index < -0.39 is 23.8 Å². The number of H-pyrrole nitrogens is 1. The second-order valence-electron chi connectivity index (χ2n) is 7.36. The Morgan fingerprint density at radius 1 is 1.03 bits per heavy atom. The van der Waals surface area contributed by atoms with Crippen LogP contribution in [0.4, 0.5) is 17.6 Å². The summed E-state index contributed by atoms with van der Waals surface area (Å²) < 4.78 is 62.9. The Balaban J connectivity index is 1.57. The van der Waals surface area contributed by atoms with Gasteiger partial charge in [-0.05, 0) is 48.9 Å². The van der Waals surface area contributed by atoms with Gasteiger partial charge in [0.05, 0.1) is 18.4 Å². The molecule has 0 aliphatic rings. The molecule has 176 valence electrons. The maximum atomic E-state index is 13.1. The summed E-state index contributed by atoms with van der Waals surface area (Å²) in [5.41, 5.74) is 1.52. The number of benzene rings is 2. The first kappa shape index (κ1) is 23.6. The van der Waals surface area contributed by atoms with Crippen molar-refractivity contribution in [2.75, 3.05) is 7.11 Å². The number of aromatic amines is 1. The van der Waals surface area contributed by atoms with Crippen LogP contribution in [0.3, 0.4) is 0 Å². The number of nitrogens with one attached hydrogen (secondary N) is 1. The van der Waals surface area contributed by atoms with Crippen LogP contribution in [0.1, 0.15) is 24.2 Å². The lowest BCUT2D eigenvalue weighted by atomic mass is 10.1. The third-order valence-electron chi connectivity index (χ3n) is 5.12. The molecule has 0 saturated heterocycles. The van der Waals surface area contributed by atoms with Gasteiger partial charge in [0, 0.05) is 23.4 Å². The highest BCUT2D eigenvalue weighted by molar-refractivity contribution is 6.32. The molecule has 1 atom stereocenters. The van der Waals surface area contributed by atoms with E-state index in [0.717, 1.165) is 12.1 Å². The van der Waals surface area contributed by atoms with E-state index in [9.17, 15) is 17.6 Å². The molecular weight excluding hydrogens is 474 g/mol. The molecule has 2 aromatic carbocycles. The molecule has 0 amide bonds. The topological polar surface area (TPSA) is 60.0 Å². The van der Waals surface area contributed by atoms with Crippen LogP contribution in [0.2, 0.25) is 5.15 Å². The highest BCUT2D eigenvalue weighted by atomic mass is 35.5. The maximum absolute atomic E-state index is 13.1. The number of ether oxygens (including phenoxy) is 2. The number of aromatic nitrogens is 3. The largest absolute Gasteiger partial charge is 0.496 e. The van der Waals surface area contributed by atoms with Crippen molar-refractivity contribution in [2.45, 2.75) is 19.2 Å². The van der Waals surface area contributed by atoms with E-state index in [1.165, 1.54) is 37.6 Å². The van der Waals surface area contributed by atoms with Gasteiger partial charge in [-0.1, -0.05) is 23.7 Å². The minimum absolute atomic E-state index is 0.185. The first-order valence-electron chi connectivity index (χ1n) is 10.1. The van der Waals surface area contributed by atoms with E-state index in [2.05, 4.69) is 15.0 Å². The van der Waals surface area contributed by atoms with Gasteiger partial charge in [0.1, 0.15) is 23.4 Å². The zero-order valence-electron chi connectivity index (χ0n) is 18.0. The molecule has 1 N–H and O–H groups in total. The third kappa shape index (κ3) is 4.99. The summed E-state index contributed by atoms with van der Waals surface area (Å²) in [5, 5.41) is 0.185. The average molecular weight is 492 g/mol. The Morgan fingerprint density at radius 3 is 2.38 bits per heavy atom. The van der Waals surface area contributed by atoms with Crippen molar-refractivity contribution in [3.8, 4) is 34.1 Å². The number of alkyl halides is 3. The van der Waals surface area contributed by atoms with Gasteiger partial charge < -0.3 is 14.5 Å². The predicted molar refractivity (Wildman–Crippen MR) is 119 cm³/mol. The van der Waals surface area contributed by atoms with Crippen molar-refractivity contribution in [2.24, 2.45) is 0 Å². The number of methoxy groups -OCH3 is 1. The summed E-state index contributed by atoms with van der Waals surface area (Å²) >= 11 is 6.33. The monoisotopic (exact) mass is 491 g/mol. The Morgan fingerprint density at radius 2 is 1.76 bits per heavy atom. The number of pyridine rings is 1. The van der Waals surface area contributed by atoms with Gasteiger partial charge in [-0.2, -0.15) is 17.6 Å². The van der Waals surface area contributed by atoms with Crippen LogP contribution in [-0.2, 0) is 6.18 Å². The molecule has 0 aliphatic heterocycles. The van der Waals surface area contributed by atoms with Crippen molar-refractivity contribution >= 4 is 11.6 Å². The average Bonchev–Trinajstić information content (AvgIpc) is 3.20. The van der Waals surface area contributed by atoms with E-state index in [4.69, 9.17) is 21.1 Å². The highest BCUT2D eigenvalue weighted by Gasteiger charge is 2.30. The van der Waals surface area contributed by atoms with E-state index in [1.54, 1.807) is 25.1 Å². The Bertz CT molecular complexity index is 1290. The van der Waals surface area contributed by atoms with Crippen LogP contribution < -0.4 is 9.47 Å². The minimum Gasteiger partial charge on any atom is -0.496 e. The zero-order valence-corrected chi connectivity index (χ0v) is 18.7. The molecule has 2 aromatic heterocycles. The number of halogens is 5. The maximum Gasteiger partial charge on any atom is 0.416 e. The van der Waals surface area contributed by atoms with Gasteiger partial charge in [0.2, 0.25) is 5.95 Å². The molecule has 0 bridgehead atoms. The number of nitrogens with zero attached hydrogens (tertiary/aromatic N) is 2. The minimum atomic E-state index is -4.40. The lowest BCUT2D eigenvalue weighted by Gasteiger charge is -2.17.